The lowest BCUT2D eigenvalue weighted by molar-refractivity contribution is -0.118. The van der Waals surface area contributed by atoms with Gasteiger partial charge in [0.25, 0.3) is 0 Å². The molecule has 0 saturated heterocycles. The van der Waals surface area contributed by atoms with Crippen molar-refractivity contribution < 1.29 is 4.79 Å². The predicted molar refractivity (Wildman–Crippen MR) is 139 cm³/mol. The van der Waals surface area contributed by atoms with E-state index in [9.17, 15) is 4.79 Å². The molecule has 0 atom stereocenters. The molecule has 3 aromatic carbocycles. The first kappa shape index (κ1) is 23.8. The van der Waals surface area contributed by atoms with Crippen LogP contribution in [0.1, 0.15) is 36.0 Å². The van der Waals surface area contributed by atoms with Crippen LogP contribution in [0.2, 0.25) is 0 Å². The molecule has 34 heavy (non-hydrogen) atoms. The maximum atomic E-state index is 12.6. The highest BCUT2D eigenvalue weighted by Gasteiger charge is 2.17. The van der Waals surface area contributed by atoms with Crippen molar-refractivity contribution in [3.8, 4) is 11.4 Å². The van der Waals surface area contributed by atoms with Gasteiger partial charge in [-0.3, -0.25) is 4.79 Å². The fourth-order valence-electron chi connectivity index (χ4n) is 4.14. The fraction of sp³-hybridized carbons (Fsp3) is 0.250. The van der Waals surface area contributed by atoms with Gasteiger partial charge in [0.2, 0.25) is 5.91 Å². The van der Waals surface area contributed by atoms with Crippen molar-refractivity contribution in [3.63, 3.8) is 0 Å². The standard InChI is InChI=1S/C28H30N4OS/c1-3-32-27(24-17-11-10-12-21(24)2)30-31-28(32)34-20-26(33)29-19-18-25(22-13-6-4-7-14-22)23-15-8-5-9-16-23/h4-17,25H,3,18-20H2,1-2H3,(H,29,33). The Bertz CT molecular complexity index is 1170. The van der Waals surface area contributed by atoms with Crippen molar-refractivity contribution in [2.75, 3.05) is 12.3 Å². The predicted octanol–water partition coefficient (Wildman–Crippen LogP) is 5.70. The smallest absolute Gasteiger partial charge is 0.230 e. The van der Waals surface area contributed by atoms with Crippen molar-refractivity contribution in [3.05, 3.63) is 102 Å². The van der Waals surface area contributed by atoms with Gasteiger partial charge < -0.3 is 9.88 Å². The number of thioether (sulfide) groups is 1. The number of hydrogen-bond donors (Lipinski definition) is 1. The monoisotopic (exact) mass is 470 g/mol. The number of amides is 1. The van der Waals surface area contributed by atoms with E-state index in [0.29, 0.717) is 12.3 Å². The molecule has 0 spiro atoms. The quantitative estimate of drug-likeness (QED) is 0.302. The first-order chi connectivity index (χ1) is 16.7. The largest absolute Gasteiger partial charge is 0.355 e. The van der Waals surface area contributed by atoms with E-state index in [1.54, 1.807) is 0 Å². The van der Waals surface area contributed by atoms with E-state index < -0.39 is 0 Å². The fourth-order valence-corrected chi connectivity index (χ4v) is 4.97. The minimum Gasteiger partial charge on any atom is -0.355 e. The summed E-state index contributed by atoms with van der Waals surface area (Å²) < 4.78 is 2.07. The van der Waals surface area contributed by atoms with Crippen LogP contribution in [0.3, 0.4) is 0 Å². The Labute approximate surface area is 205 Å². The third-order valence-electron chi connectivity index (χ3n) is 5.91. The van der Waals surface area contributed by atoms with Crippen molar-refractivity contribution in [2.45, 2.75) is 37.9 Å². The molecule has 0 bridgehead atoms. The molecule has 0 saturated carbocycles. The zero-order valence-electron chi connectivity index (χ0n) is 19.6. The van der Waals surface area contributed by atoms with Crippen LogP contribution in [0.4, 0.5) is 0 Å². The lowest BCUT2D eigenvalue weighted by Crippen LogP contribution is -2.27. The first-order valence-corrected chi connectivity index (χ1v) is 12.6. The van der Waals surface area contributed by atoms with Gasteiger partial charge in [-0.15, -0.1) is 10.2 Å². The number of hydrogen-bond acceptors (Lipinski definition) is 4. The zero-order valence-corrected chi connectivity index (χ0v) is 20.5. The summed E-state index contributed by atoms with van der Waals surface area (Å²) in [5, 5.41) is 12.6. The van der Waals surface area contributed by atoms with E-state index in [2.05, 4.69) is 94.6 Å². The summed E-state index contributed by atoms with van der Waals surface area (Å²) in [5.41, 5.74) is 4.75. The SMILES string of the molecule is CCn1c(SCC(=O)NCCC(c2ccccc2)c2ccccc2)nnc1-c1ccccc1C. The van der Waals surface area contributed by atoms with Gasteiger partial charge in [-0.1, -0.05) is 96.7 Å². The highest BCUT2D eigenvalue weighted by molar-refractivity contribution is 7.99. The Kier molecular flexibility index (Phi) is 8.15. The molecular formula is C28H30N4OS. The van der Waals surface area contributed by atoms with Crippen LogP contribution in [0.5, 0.6) is 0 Å². The van der Waals surface area contributed by atoms with Gasteiger partial charge in [0, 0.05) is 24.6 Å². The molecule has 0 aliphatic heterocycles. The van der Waals surface area contributed by atoms with E-state index in [0.717, 1.165) is 35.1 Å². The van der Waals surface area contributed by atoms with E-state index in [1.807, 2.05) is 24.3 Å². The molecule has 0 unspecified atom stereocenters. The Morgan fingerprint density at radius 3 is 2.15 bits per heavy atom. The van der Waals surface area contributed by atoms with Crippen LogP contribution in [0.15, 0.2) is 90.1 Å². The summed E-state index contributed by atoms with van der Waals surface area (Å²) >= 11 is 1.43. The molecule has 0 fully saturated rings. The molecule has 4 aromatic rings. The van der Waals surface area contributed by atoms with E-state index in [-0.39, 0.29) is 11.8 Å². The normalized spacial score (nSPS) is 11.0. The molecule has 0 aliphatic carbocycles. The summed E-state index contributed by atoms with van der Waals surface area (Å²) in [7, 11) is 0. The van der Waals surface area contributed by atoms with Crippen LogP contribution >= 0.6 is 11.8 Å². The Hall–Kier alpha value is -3.38. The van der Waals surface area contributed by atoms with Gasteiger partial charge in [-0.25, -0.2) is 0 Å². The second-order valence-corrected chi connectivity index (χ2v) is 9.11. The van der Waals surface area contributed by atoms with Gasteiger partial charge in [0.05, 0.1) is 5.75 Å². The maximum Gasteiger partial charge on any atom is 0.230 e. The Balaban J connectivity index is 1.35. The molecule has 0 radical (unpaired) electrons. The summed E-state index contributed by atoms with van der Waals surface area (Å²) in [6.45, 7) is 5.50. The highest BCUT2D eigenvalue weighted by Crippen LogP contribution is 2.28. The highest BCUT2D eigenvalue weighted by atomic mass is 32.2. The average molecular weight is 471 g/mol. The second kappa shape index (κ2) is 11.7. The van der Waals surface area contributed by atoms with Crippen LogP contribution < -0.4 is 5.32 Å². The van der Waals surface area contributed by atoms with Crippen LogP contribution in [0.25, 0.3) is 11.4 Å². The number of benzene rings is 3. The van der Waals surface area contributed by atoms with Crippen LogP contribution in [-0.2, 0) is 11.3 Å². The van der Waals surface area contributed by atoms with Gasteiger partial charge >= 0.3 is 0 Å². The summed E-state index contributed by atoms with van der Waals surface area (Å²) in [4.78, 5) is 12.6. The Morgan fingerprint density at radius 1 is 0.912 bits per heavy atom. The summed E-state index contributed by atoms with van der Waals surface area (Å²) in [5.74, 6) is 1.41. The van der Waals surface area contributed by atoms with E-state index in [4.69, 9.17) is 0 Å². The van der Waals surface area contributed by atoms with Crippen molar-refractivity contribution in [1.29, 1.82) is 0 Å². The molecule has 0 aliphatic rings. The van der Waals surface area contributed by atoms with Crippen LogP contribution in [0, 0.1) is 6.92 Å². The summed E-state index contributed by atoms with van der Waals surface area (Å²) in [6.07, 6.45) is 0.840. The number of nitrogens with zero attached hydrogens (tertiary/aromatic N) is 3. The molecule has 4 rings (SSSR count). The molecule has 1 amide bonds. The molecule has 174 valence electrons. The molecule has 5 nitrogen and oxygen atoms in total. The van der Waals surface area contributed by atoms with Crippen molar-refractivity contribution in [2.24, 2.45) is 0 Å². The first-order valence-electron chi connectivity index (χ1n) is 11.7. The lowest BCUT2D eigenvalue weighted by atomic mass is 9.88. The molecule has 1 heterocycles. The van der Waals surface area contributed by atoms with Gasteiger partial charge in [0.1, 0.15) is 0 Å². The summed E-state index contributed by atoms with van der Waals surface area (Å²) in [6, 6.07) is 29.1. The van der Waals surface area contributed by atoms with Crippen LogP contribution in [-0.4, -0.2) is 33.0 Å². The third-order valence-corrected chi connectivity index (χ3v) is 6.88. The number of carbonyl (C=O) groups excluding carboxylic acids is 1. The number of carbonyl (C=O) groups is 1. The van der Waals surface area contributed by atoms with Gasteiger partial charge in [-0.2, -0.15) is 0 Å². The Morgan fingerprint density at radius 2 is 1.53 bits per heavy atom. The number of nitrogens with one attached hydrogen (secondary N) is 1. The van der Waals surface area contributed by atoms with E-state index >= 15 is 0 Å². The maximum absolute atomic E-state index is 12.6. The minimum atomic E-state index is 0.00738. The zero-order chi connectivity index (χ0) is 23.8. The van der Waals surface area contributed by atoms with Gasteiger partial charge in [0.15, 0.2) is 11.0 Å². The number of aromatic nitrogens is 3. The minimum absolute atomic E-state index is 0.00738. The number of aryl methyl sites for hydroxylation is 1. The molecule has 1 aromatic heterocycles. The topological polar surface area (TPSA) is 59.8 Å². The van der Waals surface area contributed by atoms with Crippen molar-refractivity contribution in [1.82, 2.24) is 20.1 Å². The van der Waals surface area contributed by atoms with Gasteiger partial charge in [-0.05, 0) is 37.0 Å². The molecular weight excluding hydrogens is 440 g/mol. The second-order valence-electron chi connectivity index (χ2n) is 8.17. The molecule has 1 N–H and O–H groups in total. The molecule has 6 heteroatoms. The lowest BCUT2D eigenvalue weighted by Gasteiger charge is -2.18. The van der Waals surface area contributed by atoms with E-state index in [1.165, 1.54) is 22.9 Å². The van der Waals surface area contributed by atoms with Crippen molar-refractivity contribution >= 4 is 17.7 Å². The number of rotatable bonds is 10. The third kappa shape index (κ3) is 5.75. The average Bonchev–Trinajstić information content (AvgIpc) is 3.29.